The number of nitrogens with zero attached hydrogens (tertiary/aromatic N) is 7. The van der Waals surface area contributed by atoms with Gasteiger partial charge in [0.15, 0.2) is 0 Å². The lowest BCUT2D eigenvalue weighted by molar-refractivity contribution is -0.135. The van der Waals surface area contributed by atoms with Crippen molar-refractivity contribution in [2.24, 2.45) is 0 Å². The normalized spacial score (nSPS) is 24.5. The molecule has 1 fully saturated rings. The highest BCUT2D eigenvalue weighted by molar-refractivity contribution is 5.78. The summed E-state index contributed by atoms with van der Waals surface area (Å²) in [7, 11) is 3.87. The molecule has 2 unspecified atom stereocenters. The number of hydrogen-bond donors (Lipinski definition) is 2. The Morgan fingerprint density at radius 1 is 1.00 bits per heavy atom. The van der Waals surface area contributed by atoms with Crippen LogP contribution in [0.25, 0.3) is 11.3 Å². The van der Waals surface area contributed by atoms with Crippen LogP contribution in [0, 0.1) is 0 Å². The average molecular weight is 531 g/mol. The van der Waals surface area contributed by atoms with Crippen molar-refractivity contribution in [3.63, 3.8) is 0 Å². The monoisotopic (exact) mass is 530 g/mol. The van der Waals surface area contributed by atoms with E-state index in [0.717, 1.165) is 60.9 Å². The van der Waals surface area contributed by atoms with Gasteiger partial charge in [0, 0.05) is 77.0 Å². The molecule has 3 atom stereocenters. The zero-order chi connectivity index (χ0) is 27.4. The number of aliphatic hydroxyl groups is 1. The molecule has 7 heterocycles. The third kappa shape index (κ3) is 6.35. The number of benzene rings is 1. The summed E-state index contributed by atoms with van der Waals surface area (Å²) in [5, 5.41) is 13.7. The molecular formula is C29H38N8O2. The van der Waals surface area contributed by atoms with Gasteiger partial charge in [-0.15, -0.1) is 0 Å². The zero-order valence-corrected chi connectivity index (χ0v) is 23.0. The summed E-state index contributed by atoms with van der Waals surface area (Å²) in [6.45, 7) is 6.75. The van der Waals surface area contributed by atoms with Crippen molar-refractivity contribution in [2.45, 2.75) is 25.4 Å². The molecule has 1 amide bonds. The van der Waals surface area contributed by atoms with Crippen LogP contribution in [0.2, 0.25) is 0 Å². The van der Waals surface area contributed by atoms with Gasteiger partial charge in [-0.3, -0.25) is 14.6 Å². The summed E-state index contributed by atoms with van der Waals surface area (Å²) in [6.07, 6.45) is 4.41. The van der Waals surface area contributed by atoms with Crippen LogP contribution in [-0.4, -0.2) is 106 Å². The SMILES string of the molecule is CN1CCCN(C)c2ccc(cn2)-c2ccnc(n2)Nc2cccc(c2)CN2CCN(CC1=O)[C@](C)(CO)C2. The van der Waals surface area contributed by atoms with Crippen LogP contribution in [0.5, 0.6) is 0 Å². The summed E-state index contributed by atoms with van der Waals surface area (Å²) in [5.41, 5.74) is 3.29. The molecule has 3 aromatic rings. The molecule has 0 radical (unpaired) electrons. The van der Waals surface area contributed by atoms with E-state index >= 15 is 0 Å². The molecule has 5 aliphatic heterocycles. The maximum absolute atomic E-state index is 13.1. The molecule has 5 aliphatic rings. The molecule has 2 N–H and O–H groups in total. The van der Waals surface area contributed by atoms with E-state index in [2.05, 4.69) is 42.1 Å². The summed E-state index contributed by atoms with van der Waals surface area (Å²) in [4.78, 5) is 35.3. The fraction of sp³-hybridized carbons (Fsp3) is 0.448. The van der Waals surface area contributed by atoms with Crippen molar-refractivity contribution < 1.29 is 9.90 Å². The second-order valence-electron chi connectivity index (χ2n) is 10.9. The lowest BCUT2D eigenvalue weighted by atomic mass is 9.96. The first-order valence-corrected chi connectivity index (χ1v) is 13.5. The van der Waals surface area contributed by atoms with E-state index in [0.29, 0.717) is 25.6 Å². The van der Waals surface area contributed by atoms with Gasteiger partial charge in [0.05, 0.1) is 24.4 Å². The van der Waals surface area contributed by atoms with Crippen LogP contribution in [0.4, 0.5) is 17.5 Å². The van der Waals surface area contributed by atoms with Gasteiger partial charge < -0.3 is 20.2 Å². The third-order valence-corrected chi connectivity index (χ3v) is 7.77. The van der Waals surface area contributed by atoms with Crippen molar-refractivity contribution in [1.82, 2.24) is 29.7 Å². The van der Waals surface area contributed by atoms with Crippen LogP contribution in [0.3, 0.4) is 0 Å². The van der Waals surface area contributed by atoms with Crippen molar-refractivity contribution in [1.29, 1.82) is 0 Å². The maximum Gasteiger partial charge on any atom is 0.236 e. The zero-order valence-electron chi connectivity index (χ0n) is 23.0. The molecule has 39 heavy (non-hydrogen) atoms. The minimum Gasteiger partial charge on any atom is -0.394 e. The van der Waals surface area contributed by atoms with E-state index < -0.39 is 5.54 Å². The fourth-order valence-corrected chi connectivity index (χ4v) is 5.29. The number of carbonyl (C=O) groups excluding carboxylic acids is 1. The lowest BCUT2D eigenvalue weighted by Gasteiger charge is -2.48. The number of pyridine rings is 1. The quantitative estimate of drug-likeness (QED) is 0.491. The maximum atomic E-state index is 13.1. The largest absolute Gasteiger partial charge is 0.394 e. The second kappa shape index (κ2) is 11.6. The van der Waals surface area contributed by atoms with Gasteiger partial charge in [0.25, 0.3) is 0 Å². The Morgan fingerprint density at radius 2 is 1.85 bits per heavy atom. The van der Waals surface area contributed by atoms with E-state index in [1.165, 1.54) is 0 Å². The number of amides is 1. The van der Waals surface area contributed by atoms with E-state index in [9.17, 15) is 9.90 Å². The Kier molecular flexibility index (Phi) is 8.06. The number of rotatable bonds is 1. The summed E-state index contributed by atoms with van der Waals surface area (Å²) in [5.74, 6) is 1.47. The summed E-state index contributed by atoms with van der Waals surface area (Å²) >= 11 is 0. The number of nitrogens with one attached hydrogen (secondary N) is 1. The van der Waals surface area contributed by atoms with Gasteiger partial charge >= 0.3 is 0 Å². The van der Waals surface area contributed by atoms with Crippen LogP contribution < -0.4 is 10.2 Å². The molecule has 1 saturated heterocycles. The van der Waals surface area contributed by atoms with Crippen molar-refractivity contribution in [3.05, 3.63) is 60.4 Å². The number of hydrogen-bond acceptors (Lipinski definition) is 9. The fourth-order valence-electron chi connectivity index (χ4n) is 5.29. The first kappa shape index (κ1) is 27.0. The summed E-state index contributed by atoms with van der Waals surface area (Å²) in [6, 6.07) is 14.1. The number of anilines is 3. The van der Waals surface area contributed by atoms with Crippen molar-refractivity contribution in [2.75, 3.05) is 70.2 Å². The highest BCUT2D eigenvalue weighted by Crippen LogP contribution is 2.25. The standard InChI is InChI=1S/C29H38N8O2/c1-29(21-38)20-36-14-15-37(29)19-27(39)35(3)13-5-12-34(2)26-9-8-23(17-31-26)25-10-11-30-28(33-25)32-24-7-4-6-22(16-24)18-36/h4,6-11,16-17,38H,5,12-15,18-21H2,1-3H3,(H,30,32,33)/t29-/m0/s1. The van der Waals surface area contributed by atoms with Gasteiger partial charge in [-0.2, -0.15) is 0 Å². The molecular weight excluding hydrogens is 492 g/mol. The first-order chi connectivity index (χ1) is 18.8. The molecule has 10 heteroatoms. The summed E-state index contributed by atoms with van der Waals surface area (Å²) < 4.78 is 0. The van der Waals surface area contributed by atoms with E-state index in [1.807, 2.05) is 57.5 Å². The van der Waals surface area contributed by atoms with Crippen LogP contribution in [0.15, 0.2) is 54.9 Å². The predicted octanol–water partition coefficient (Wildman–Crippen LogP) is 2.45. The Balaban J connectivity index is 1.42. The minimum atomic E-state index is -0.494. The molecule has 8 rings (SSSR count). The average Bonchev–Trinajstić information content (AvgIpc) is 2.94. The highest BCUT2D eigenvalue weighted by Gasteiger charge is 2.38. The number of aliphatic hydroxyl groups excluding tert-OH is 1. The molecule has 0 aliphatic carbocycles. The molecule has 8 bridgehead atoms. The number of piperazine rings is 1. The molecule has 10 nitrogen and oxygen atoms in total. The minimum absolute atomic E-state index is 0.00772. The van der Waals surface area contributed by atoms with Crippen molar-refractivity contribution in [3.8, 4) is 11.3 Å². The van der Waals surface area contributed by atoms with Gasteiger partial charge in [0.1, 0.15) is 5.82 Å². The third-order valence-electron chi connectivity index (χ3n) is 7.77. The van der Waals surface area contributed by atoms with E-state index in [1.54, 1.807) is 11.1 Å². The second-order valence-corrected chi connectivity index (χ2v) is 10.9. The van der Waals surface area contributed by atoms with Gasteiger partial charge in [-0.1, -0.05) is 12.1 Å². The predicted molar refractivity (Wildman–Crippen MR) is 153 cm³/mol. The number of carbonyl (C=O) groups is 1. The van der Waals surface area contributed by atoms with Crippen molar-refractivity contribution >= 4 is 23.4 Å². The molecule has 1 aromatic carbocycles. The van der Waals surface area contributed by atoms with Crippen LogP contribution >= 0.6 is 0 Å². The molecule has 206 valence electrons. The van der Waals surface area contributed by atoms with E-state index in [-0.39, 0.29) is 12.5 Å². The molecule has 2 aromatic heterocycles. The lowest BCUT2D eigenvalue weighted by Crippen LogP contribution is -2.63. The molecule has 0 spiro atoms. The Bertz CT molecular complexity index is 1290. The highest BCUT2D eigenvalue weighted by atomic mass is 16.3. The number of likely N-dealkylation sites (N-methyl/N-ethyl adjacent to an activating group) is 1. The van der Waals surface area contributed by atoms with Crippen LogP contribution in [0.1, 0.15) is 18.9 Å². The number of aromatic nitrogens is 3. The van der Waals surface area contributed by atoms with Crippen LogP contribution in [-0.2, 0) is 11.3 Å². The first-order valence-electron chi connectivity index (χ1n) is 13.5. The molecule has 0 saturated carbocycles. The Labute approximate surface area is 230 Å². The van der Waals surface area contributed by atoms with Gasteiger partial charge in [0.2, 0.25) is 11.9 Å². The van der Waals surface area contributed by atoms with Gasteiger partial charge in [-0.05, 0) is 49.2 Å². The smallest absolute Gasteiger partial charge is 0.236 e. The topological polar surface area (TPSA) is 101 Å². The Hall–Kier alpha value is -3.60. The Morgan fingerprint density at radius 3 is 2.64 bits per heavy atom. The van der Waals surface area contributed by atoms with E-state index in [4.69, 9.17) is 4.98 Å². The van der Waals surface area contributed by atoms with Gasteiger partial charge in [-0.25, -0.2) is 15.0 Å².